The molecule has 12 heteroatoms. The average molecular weight is 555 g/mol. The molecule has 3 rings (SSSR count). The summed E-state index contributed by atoms with van der Waals surface area (Å²) in [4.78, 5) is 38.6. The van der Waals surface area contributed by atoms with Crippen LogP contribution in [0, 0.1) is 10.1 Å². The fraction of sp³-hybridized carbons (Fsp3) is 0.259. The Morgan fingerprint density at radius 1 is 1.03 bits per heavy atom. The molecule has 3 aromatic carbocycles. The summed E-state index contributed by atoms with van der Waals surface area (Å²) in [6.07, 6.45) is 0.262. The summed E-state index contributed by atoms with van der Waals surface area (Å²) < 4.78 is 33.6. The van der Waals surface area contributed by atoms with Gasteiger partial charge >= 0.3 is 0 Å². The van der Waals surface area contributed by atoms with E-state index in [9.17, 15) is 28.1 Å². The molecule has 2 amide bonds. The molecule has 0 saturated heterocycles. The van der Waals surface area contributed by atoms with Crippen LogP contribution in [0.1, 0.15) is 18.9 Å². The van der Waals surface area contributed by atoms with Crippen LogP contribution in [0.25, 0.3) is 0 Å². The Hall–Kier alpha value is -4.45. The molecule has 0 bridgehead atoms. The number of benzene rings is 3. The van der Waals surface area contributed by atoms with Gasteiger partial charge in [-0.1, -0.05) is 43.3 Å². The first-order valence-electron chi connectivity index (χ1n) is 12.1. The average Bonchev–Trinajstić information content (AvgIpc) is 2.95. The van der Waals surface area contributed by atoms with E-state index >= 15 is 0 Å². The third kappa shape index (κ3) is 6.90. The third-order valence-electron chi connectivity index (χ3n) is 6.06. The number of hydrogen-bond acceptors (Lipinski definition) is 7. The second-order valence-corrected chi connectivity index (χ2v) is 10.4. The second kappa shape index (κ2) is 12.9. The molecular weight excluding hydrogens is 524 g/mol. The van der Waals surface area contributed by atoms with Gasteiger partial charge in [0.05, 0.1) is 22.6 Å². The van der Waals surface area contributed by atoms with Gasteiger partial charge in [0.25, 0.3) is 15.7 Å². The highest BCUT2D eigenvalue weighted by atomic mass is 32.2. The topological polar surface area (TPSA) is 139 Å². The zero-order valence-electron chi connectivity index (χ0n) is 21.8. The molecule has 39 heavy (non-hydrogen) atoms. The summed E-state index contributed by atoms with van der Waals surface area (Å²) in [7, 11) is -1.36. The van der Waals surface area contributed by atoms with Crippen molar-refractivity contribution in [2.24, 2.45) is 0 Å². The van der Waals surface area contributed by atoms with Gasteiger partial charge in [-0.05, 0) is 42.3 Å². The fourth-order valence-corrected chi connectivity index (χ4v) is 5.49. The highest BCUT2D eigenvalue weighted by molar-refractivity contribution is 7.92. The Bertz CT molecular complexity index is 1430. The lowest BCUT2D eigenvalue weighted by atomic mass is 10.1. The molecule has 0 aromatic heterocycles. The quantitative estimate of drug-likeness (QED) is 0.268. The van der Waals surface area contributed by atoms with Crippen molar-refractivity contribution in [2.45, 2.75) is 30.8 Å². The Kier molecular flexibility index (Phi) is 9.61. The van der Waals surface area contributed by atoms with Crippen molar-refractivity contribution in [2.75, 3.05) is 25.0 Å². The molecule has 0 aliphatic heterocycles. The number of amides is 2. The normalized spacial score (nSPS) is 11.8. The lowest BCUT2D eigenvalue weighted by Crippen LogP contribution is -2.51. The summed E-state index contributed by atoms with van der Waals surface area (Å²) in [5.74, 6) is -0.529. The first-order chi connectivity index (χ1) is 18.6. The number of carbonyl (C=O) groups is 2. The standard InChI is InChI=1S/C27H30N4O7S/c1-4-25(27(33)28-2)29(18-20-10-8-13-23(16-20)38-3)26(32)19-30(21-11-9-12-22(17-21)31(34)35)39(36,37)24-14-6-5-7-15-24/h5-17,25H,4,18-19H2,1-3H3,(H,28,33)/t25-/m0/s1. The van der Waals surface area contributed by atoms with Crippen molar-refractivity contribution in [3.8, 4) is 5.75 Å². The third-order valence-corrected chi connectivity index (χ3v) is 7.85. The zero-order valence-corrected chi connectivity index (χ0v) is 22.6. The number of nitro groups is 1. The molecule has 206 valence electrons. The smallest absolute Gasteiger partial charge is 0.271 e. The van der Waals surface area contributed by atoms with Gasteiger partial charge in [0, 0.05) is 25.7 Å². The minimum Gasteiger partial charge on any atom is -0.497 e. The number of likely N-dealkylation sites (N-methyl/N-ethyl adjacent to an activating group) is 1. The molecule has 0 unspecified atom stereocenters. The summed E-state index contributed by atoms with van der Waals surface area (Å²) in [5, 5.41) is 14.0. The van der Waals surface area contributed by atoms with Crippen LogP contribution in [0.3, 0.4) is 0 Å². The van der Waals surface area contributed by atoms with Crippen LogP contribution in [0.4, 0.5) is 11.4 Å². The molecule has 0 aliphatic carbocycles. The van der Waals surface area contributed by atoms with Gasteiger partial charge < -0.3 is 15.0 Å². The predicted molar refractivity (Wildman–Crippen MR) is 146 cm³/mol. The lowest BCUT2D eigenvalue weighted by Gasteiger charge is -2.33. The van der Waals surface area contributed by atoms with Gasteiger partial charge in [0.2, 0.25) is 11.8 Å². The molecule has 1 N–H and O–H groups in total. The number of hydrogen-bond donors (Lipinski definition) is 1. The van der Waals surface area contributed by atoms with Crippen LogP contribution in [0.15, 0.2) is 83.8 Å². The fourth-order valence-electron chi connectivity index (χ4n) is 4.06. The van der Waals surface area contributed by atoms with Crippen LogP contribution in [0.5, 0.6) is 5.75 Å². The largest absolute Gasteiger partial charge is 0.497 e. The van der Waals surface area contributed by atoms with E-state index in [1.165, 1.54) is 61.5 Å². The molecule has 1 atom stereocenters. The Morgan fingerprint density at radius 3 is 2.33 bits per heavy atom. The number of anilines is 1. The van der Waals surface area contributed by atoms with Crippen molar-refractivity contribution in [3.63, 3.8) is 0 Å². The number of ether oxygens (including phenoxy) is 1. The van der Waals surface area contributed by atoms with Crippen molar-refractivity contribution < 1.29 is 27.7 Å². The van der Waals surface area contributed by atoms with Gasteiger partial charge in [-0.25, -0.2) is 8.42 Å². The van der Waals surface area contributed by atoms with Crippen LogP contribution in [-0.4, -0.2) is 56.8 Å². The molecule has 0 fully saturated rings. The van der Waals surface area contributed by atoms with E-state index < -0.39 is 39.3 Å². The van der Waals surface area contributed by atoms with Crippen molar-refractivity contribution in [1.82, 2.24) is 10.2 Å². The number of nitrogens with zero attached hydrogens (tertiary/aromatic N) is 3. The Balaban J connectivity index is 2.09. The van der Waals surface area contributed by atoms with Crippen molar-refractivity contribution in [1.29, 1.82) is 0 Å². The van der Waals surface area contributed by atoms with Crippen LogP contribution in [-0.2, 0) is 26.2 Å². The van der Waals surface area contributed by atoms with Gasteiger partial charge in [-0.2, -0.15) is 0 Å². The SMILES string of the molecule is CC[C@@H](C(=O)NC)N(Cc1cccc(OC)c1)C(=O)CN(c1cccc([N+](=O)[O-])c1)S(=O)(=O)c1ccccc1. The van der Waals surface area contributed by atoms with E-state index in [2.05, 4.69) is 5.32 Å². The van der Waals surface area contributed by atoms with Crippen LogP contribution in [0.2, 0.25) is 0 Å². The number of rotatable bonds is 12. The minimum atomic E-state index is -4.32. The van der Waals surface area contributed by atoms with Gasteiger partial charge in [-0.15, -0.1) is 0 Å². The Morgan fingerprint density at radius 2 is 1.72 bits per heavy atom. The van der Waals surface area contributed by atoms with Crippen LogP contribution < -0.4 is 14.4 Å². The minimum absolute atomic E-state index is 0.00385. The predicted octanol–water partition coefficient (Wildman–Crippen LogP) is 3.35. The molecule has 0 aliphatic rings. The van der Waals surface area contributed by atoms with E-state index in [0.717, 1.165) is 10.4 Å². The van der Waals surface area contributed by atoms with Gasteiger partial charge in [-0.3, -0.25) is 24.0 Å². The monoisotopic (exact) mass is 554 g/mol. The number of nitrogens with one attached hydrogen (secondary N) is 1. The van der Waals surface area contributed by atoms with E-state index in [0.29, 0.717) is 11.3 Å². The maximum atomic E-state index is 13.9. The van der Waals surface area contributed by atoms with Crippen LogP contribution >= 0.6 is 0 Å². The summed E-state index contributed by atoms with van der Waals surface area (Å²) in [6.45, 7) is 1.04. The first kappa shape index (κ1) is 29.1. The molecule has 0 saturated carbocycles. The number of non-ortho nitro benzene ring substituents is 1. The second-order valence-electron chi connectivity index (χ2n) is 8.51. The maximum Gasteiger partial charge on any atom is 0.271 e. The molecule has 0 spiro atoms. The molecular formula is C27H30N4O7S. The first-order valence-corrected chi connectivity index (χ1v) is 13.5. The number of nitro benzene ring substituents is 1. The molecule has 11 nitrogen and oxygen atoms in total. The van der Waals surface area contributed by atoms with E-state index in [1.54, 1.807) is 37.3 Å². The number of carbonyl (C=O) groups excluding carboxylic acids is 2. The van der Waals surface area contributed by atoms with Crippen molar-refractivity contribution >= 4 is 33.2 Å². The summed E-state index contributed by atoms with van der Waals surface area (Å²) in [6, 6.07) is 18.6. The van der Waals surface area contributed by atoms with E-state index in [1.807, 2.05) is 0 Å². The lowest BCUT2D eigenvalue weighted by molar-refractivity contribution is -0.384. The summed E-state index contributed by atoms with van der Waals surface area (Å²) >= 11 is 0. The highest BCUT2D eigenvalue weighted by Gasteiger charge is 2.33. The Labute approximate surface area is 227 Å². The number of methoxy groups -OCH3 is 1. The molecule has 0 heterocycles. The zero-order chi connectivity index (χ0) is 28.6. The maximum absolute atomic E-state index is 13.9. The molecule has 3 aromatic rings. The molecule has 0 radical (unpaired) electrons. The van der Waals surface area contributed by atoms with E-state index in [4.69, 9.17) is 4.74 Å². The van der Waals surface area contributed by atoms with Gasteiger partial charge in [0.15, 0.2) is 0 Å². The highest BCUT2D eigenvalue weighted by Crippen LogP contribution is 2.28. The van der Waals surface area contributed by atoms with E-state index in [-0.39, 0.29) is 29.2 Å². The summed E-state index contributed by atoms with van der Waals surface area (Å²) in [5.41, 5.74) is 0.270. The van der Waals surface area contributed by atoms with Crippen molar-refractivity contribution in [3.05, 3.63) is 94.5 Å². The van der Waals surface area contributed by atoms with Gasteiger partial charge in [0.1, 0.15) is 18.3 Å². The number of sulfonamides is 1.